The smallest absolute Gasteiger partial charge is 0.0221 e. The van der Waals surface area contributed by atoms with Crippen LogP contribution in [0, 0.1) is 17.8 Å². The van der Waals surface area contributed by atoms with E-state index in [2.05, 4.69) is 18.7 Å². The molecular formula is C14H28N2. The molecule has 0 aromatic carbocycles. The van der Waals surface area contributed by atoms with Crippen molar-refractivity contribution in [2.45, 2.75) is 52.0 Å². The van der Waals surface area contributed by atoms with Crippen LogP contribution in [0.25, 0.3) is 0 Å². The van der Waals surface area contributed by atoms with Gasteiger partial charge in [-0.15, -0.1) is 0 Å². The lowest BCUT2D eigenvalue weighted by atomic mass is 10.0. The Morgan fingerprint density at radius 1 is 1.06 bits per heavy atom. The summed E-state index contributed by atoms with van der Waals surface area (Å²) in [6.45, 7) is 8.12. The van der Waals surface area contributed by atoms with Gasteiger partial charge in [-0.05, 0) is 49.9 Å². The zero-order valence-corrected chi connectivity index (χ0v) is 11.0. The summed E-state index contributed by atoms with van der Waals surface area (Å²) in [5.41, 5.74) is 5.97. The first-order valence-electron chi connectivity index (χ1n) is 7.13. The quantitative estimate of drug-likeness (QED) is 0.686. The van der Waals surface area contributed by atoms with Crippen molar-refractivity contribution >= 4 is 0 Å². The Kier molecular flexibility index (Phi) is 4.26. The minimum Gasteiger partial charge on any atom is -0.329 e. The number of rotatable bonds is 8. The lowest BCUT2D eigenvalue weighted by molar-refractivity contribution is 0.163. The van der Waals surface area contributed by atoms with Gasteiger partial charge in [-0.2, -0.15) is 0 Å². The van der Waals surface area contributed by atoms with Gasteiger partial charge in [0, 0.05) is 25.7 Å². The zero-order valence-electron chi connectivity index (χ0n) is 11.0. The van der Waals surface area contributed by atoms with E-state index in [1.165, 1.54) is 45.2 Å². The molecule has 94 valence electrons. The highest BCUT2D eigenvalue weighted by Gasteiger charge is 2.32. The van der Waals surface area contributed by atoms with Crippen LogP contribution in [0.3, 0.4) is 0 Å². The average Bonchev–Trinajstić information content (AvgIpc) is 3.06. The fourth-order valence-electron chi connectivity index (χ4n) is 2.58. The molecule has 2 aliphatic carbocycles. The number of hydrogen-bond donors (Lipinski definition) is 1. The standard InChI is InChI=1S/C14H28N2/c1-11(2)7-14(8-15)16(9-12-3-4-12)10-13-5-6-13/h11-14H,3-10,15H2,1-2H3. The van der Waals surface area contributed by atoms with Crippen molar-refractivity contribution in [3.05, 3.63) is 0 Å². The molecular weight excluding hydrogens is 196 g/mol. The number of nitrogens with zero attached hydrogens (tertiary/aromatic N) is 1. The molecule has 2 nitrogen and oxygen atoms in total. The zero-order chi connectivity index (χ0) is 11.5. The van der Waals surface area contributed by atoms with Crippen LogP contribution in [0.1, 0.15) is 46.0 Å². The maximum absolute atomic E-state index is 5.97. The van der Waals surface area contributed by atoms with Gasteiger partial charge in [0.15, 0.2) is 0 Å². The summed E-state index contributed by atoms with van der Waals surface area (Å²) in [6, 6.07) is 0.640. The summed E-state index contributed by atoms with van der Waals surface area (Å²) in [5.74, 6) is 2.77. The van der Waals surface area contributed by atoms with Crippen molar-refractivity contribution in [2.75, 3.05) is 19.6 Å². The second kappa shape index (κ2) is 5.50. The fourth-order valence-corrected chi connectivity index (χ4v) is 2.58. The van der Waals surface area contributed by atoms with Gasteiger partial charge in [0.25, 0.3) is 0 Å². The monoisotopic (exact) mass is 224 g/mol. The second-order valence-corrected chi connectivity index (χ2v) is 6.36. The van der Waals surface area contributed by atoms with E-state index in [1.54, 1.807) is 0 Å². The SMILES string of the molecule is CC(C)CC(CN)N(CC1CC1)CC1CC1. The molecule has 2 aliphatic rings. The van der Waals surface area contributed by atoms with E-state index in [9.17, 15) is 0 Å². The Hall–Kier alpha value is -0.0800. The Morgan fingerprint density at radius 2 is 1.56 bits per heavy atom. The summed E-state index contributed by atoms with van der Waals surface area (Å²) in [7, 11) is 0. The molecule has 2 N–H and O–H groups in total. The largest absolute Gasteiger partial charge is 0.329 e. The molecule has 2 rings (SSSR count). The molecule has 0 aromatic heterocycles. The Morgan fingerprint density at radius 3 is 1.88 bits per heavy atom. The van der Waals surface area contributed by atoms with Crippen LogP contribution in [0.4, 0.5) is 0 Å². The van der Waals surface area contributed by atoms with Crippen molar-refractivity contribution in [2.24, 2.45) is 23.5 Å². The van der Waals surface area contributed by atoms with Crippen LogP contribution in [0.5, 0.6) is 0 Å². The van der Waals surface area contributed by atoms with Crippen molar-refractivity contribution in [3.8, 4) is 0 Å². The minimum atomic E-state index is 0.640. The highest BCUT2D eigenvalue weighted by Crippen LogP contribution is 2.35. The summed E-state index contributed by atoms with van der Waals surface area (Å²) in [4.78, 5) is 2.72. The van der Waals surface area contributed by atoms with Gasteiger partial charge >= 0.3 is 0 Å². The maximum Gasteiger partial charge on any atom is 0.0221 e. The normalized spacial score (nSPS) is 23.1. The van der Waals surface area contributed by atoms with Crippen molar-refractivity contribution in [1.82, 2.24) is 4.90 Å². The Labute approximate surface area is 101 Å². The predicted octanol–water partition coefficient (Wildman–Crippen LogP) is 2.48. The highest BCUT2D eigenvalue weighted by atomic mass is 15.2. The first kappa shape index (κ1) is 12.4. The lowest BCUT2D eigenvalue weighted by Crippen LogP contribution is -2.43. The topological polar surface area (TPSA) is 29.3 Å². The highest BCUT2D eigenvalue weighted by molar-refractivity contribution is 4.86. The van der Waals surface area contributed by atoms with E-state index in [1.807, 2.05) is 0 Å². The number of hydrogen-bond acceptors (Lipinski definition) is 2. The van der Waals surface area contributed by atoms with Crippen LogP contribution in [0.2, 0.25) is 0 Å². The van der Waals surface area contributed by atoms with E-state index in [-0.39, 0.29) is 0 Å². The van der Waals surface area contributed by atoms with Crippen molar-refractivity contribution in [3.63, 3.8) is 0 Å². The minimum absolute atomic E-state index is 0.640. The summed E-state index contributed by atoms with van der Waals surface area (Å²) < 4.78 is 0. The predicted molar refractivity (Wildman–Crippen MR) is 69.3 cm³/mol. The molecule has 0 aromatic rings. The summed E-state index contributed by atoms with van der Waals surface area (Å²) >= 11 is 0. The average molecular weight is 224 g/mol. The fraction of sp³-hybridized carbons (Fsp3) is 1.00. The van der Waals surface area contributed by atoms with Crippen LogP contribution in [0.15, 0.2) is 0 Å². The molecule has 0 radical (unpaired) electrons. The van der Waals surface area contributed by atoms with E-state index < -0.39 is 0 Å². The maximum atomic E-state index is 5.97. The Balaban J connectivity index is 1.84. The van der Waals surface area contributed by atoms with E-state index in [0.717, 1.165) is 24.3 Å². The van der Waals surface area contributed by atoms with Gasteiger partial charge in [0.2, 0.25) is 0 Å². The molecule has 1 atom stereocenters. The van der Waals surface area contributed by atoms with Gasteiger partial charge < -0.3 is 5.73 Å². The molecule has 0 saturated heterocycles. The van der Waals surface area contributed by atoms with Gasteiger partial charge in [0.1, 0.15) is 0 Å². The second-order valence-electron chi connectivity index (χ2n) is 6.36. The van der Waals surface area contributed by atoms with Crippen LogP contribution >= 0.6 is 0 Å². The van der Waals surface area contributed by atoms with E-state index >= 15 is 0 Å². The molecule has 2 fully saturated rings. The van der Waals surface area contributed by atoms with Gasteiger partial charge in [-0.1, -0.05) is 13.8 Å². The molecule has 2 saturated carbocycles. The van der Waals surface area contributed by atoms with Crippen LogP contribution < -0.4 is 5.73 Å². The van der Waals surface area contributed by atoms with Gasteiger partial charge in [0.05, 0.1) is 0 Å². The third kappa shape index (κ3) is 4.06. The molecule has 0 aliphatic heterocycles. The molecule has 0 amide bonds. The van der Waals surface area contributed by atoms with E-state index in [4.69, 9.17) is 5.73 Å². The van der Waals surface area contributed by atoms with Crippen molar-refractivity contribution < 1.29 is 0 Å². The van der Waals surface area contributed by atoms with Crippen LogP contribution in [-0.2, 0) is 0 Å². The first-order valence-corrected chi connectivity index (χ1v) is 7.13. The summed E-state index contributed by atoms with van der Waals surface area (Å²) in [5, 5.41) is 0. The van der Waals surface area contributed by atoms with Gasteiger partial charge in [-0.25, -0.2) is 0 Å². The van der Waals surface area contributed by atoms with Crippen molar-refractivity contribution in [1.29, 1.82) is 0 Å². The molecule has 1 unspecified atom stereocenters. The van der Waals surface area contributed by atoms with E-state index in [0.29, 0.717) is 6.04 Å². The third-order valence-electron chi connectivity index (χ3n) is 3.91. The Bertz CT molecular complexity index is 193. The third-order valence-corrected chi connectivity index (χ3v) is 3.91. The molecule has 16 heavy (non-hydrogen) atoms. The molecule has 0 bridgehead atoms. The van der Waals surface area contributed by atoms with Crippen LogP contribution in [-0.4, -0.2) is 30.6 Å². The number of nitrogens with two attached hydrogens (primary N) is 1. The summed E-state index contributed by atoms with van der Waals surface area (Å²) in [6.07, 6.45) is 7.11. The molecule has 0 spiro atoms. The van der Waals surface area contributed by atoms with Gasteiger partial charge in [-0.3, -0.25) is 4.90 Å². The first-order chi connectivity index (χ1) is 7.69. The molecule has 0 heterocycles. The molecule has 2 heteroatoms. The lowest BCUT2D eigenvalue weighted by Gasteiger charge is -2.32.